The first-order chi connectivity index (χ1) is 7.16. The Morgan fingerprint density at radius 1 is 1.33 bits per heavy atom. The fraction of sp³-hybridized carbons (Fsp3) is 0.455. The molecule has 1 aliphatic heterocycles. The fourth-order valence-electron chi connectivity index (χ4n) is 1.94. The number of benzene rings is 1. The van der Waals surface area contributed by atoms with E-state index in [9.17, 15) is 0 Å². The first-order valence-corrected chi connectivity index (χ1v) is 5.66. The van der Waals surface area contributed by atoms with Crippen LogP contribution < -0.4 is 15.5 Å². The molecule has 3 N–H and O–H groups in total. The molecule has 0 aromatic heterocycles. The molecule has 0 bridgehead atoms. The van der Waals surface area contributed by atoms with Crippen LogP contribution in [-0.2, 0) is 0 Å². The number of likely N-dealkylation sites (N-methyl/N-ethyl adjacent to an activating group) is 1. The zero-order valence-corrected chi connectivity index (χ0v) is 9.72. The van der Waals surface area contributed by atoms with Crippen LogP contribution in [0.5, 0.6) is 0 Å². The Labute approximate surface area is 95.4 Å². The van der Waals surface area contributed by atoms with Gasteiger partial charge >= 0.3 is 0 Å². The molecule has 1 aliphatic rings. The van der Waals surface area contributed by atoms with E-state index in [1.807, 2.05) is 18.2 Å². The molecule has 15 heavy (non-hydrogen) atoms. The van der Waals surface area contributed by atoms with Crippen molar-refractivity contribution in [2.45, 2.75) is 0 Å². The number of hydrogen-bond acceptors (Lipinski definition) is 2. The van der Waals surface area contributed by atoms with Crippen LogP contribution in [0.1, 0.15) is 0 Å². The standard InChI is InChI=1S/C11H16ClN3/c1-14-4-6-15(7-5-14)11-3-2-9(12)8-10(11)13/h2-3,8H,4-7,13H2,1H3/p+1. The third-order valence-corrected chi connectivity index (χ3v) is 3.18. The van der Waals surface area contributed by atoms with Gasteiger partial charge in [-0.15, -0.1) is 0 Å². The average molecular weight is 227 g/mol. The normalized spacial score (nSPS) is 18.1. The second-order valence-electron chi connectivity index (χ2n) is 4.15. The van der Waals surface area contributed by atoms with Gasteiger partial charge in [-0.1, -0.05) is 11.6 Å². The summed E-state index contributed by atoms with van der Waals surface area (Å²) in [6.45, 7) is 4.47. The van der Waals surface area contributed by atoms with Crippen molar-refractivity contribution in [3.05, 3.63) is 23.2 Å². The third-order valence-electron chi connectivity index (χ3n) is 2.95. The fourth-order valence-corrected chi connectivity index (χ4v) is 2.12. The molecule has 0 radical (unpaired) electrons. The summed E-state index contributed by atoms with van der Waals surface area (Å²) in [4.78, 5) is 3.91. The second-order valence-corrected chi connectivity index (χ2v) is 4.58. The number of quaternary nitrogens is 1. The number of nitrogens with one attached hydrogen (secondary N) is 1. The van der Waals surface area contributed by atoms with Crippen molar-refractivity contribution in [2.75, 3.05) is 43.9 Å². The van der Waals surface area contributed by atoms with Gasteiger partial charge in [-0.25, -0.2) is 0 Å². The van der Waals surface area contributed by atoms with Crippen molar-refractivity contribution >= 4 is 23.0 Å². The molecule has 4 heteroatoms. The maximum Gasteiger partial charge on any atom is 0.0947 e. The van der Waals surface area contributed by atoms with Crippen molar-refractivity contribution in [2.24, 2.45) is 0 Å². The van der Waals surface area contributed by atoms with E-state index in [1.165, 1.54) is 13.1 Å². The van der Waals surface area contributed by atoms with E-state index in [4.69, 9.17) is 17.3 Å². The molecule has 0 saturated carbocycles. The Balaban J connectivity index is 2.15. The lowest BCUT2D eigenvalue weighted by molar-refractivity contribution is -0.880. The number of hydrogen-bond donors (Lipinski definition) is 2. The molecule has 82 valence electrons. The summed E-state index contributed by atoms with van der Waals surface area (Å²) in [5.41, 5.74) is 7.85. The summed E-state index contributed by atoms with van der Waals surface area (Å²) in [5.74, 6) is 0. The molecule has 1 heterocycles. The Bertz CT molecular complexity index is 346. The van der Waals surface area contributed by atoms with Crippen LogP contribution in [0.25, 0.3) is 0 Å². The van der Waals surface area contributed by atoms with Crippen LogP contribution in [-0.4, -0.2) is 33.2 Å². The van der Waals surface area contributed by atoms with E-state index in [1.54, 1.807) is 4.90 Å². The van der Waals surface area contributed by atoms with Crippen LogP contribution in [0.2, 0.25) is 5.02 Å². The maximum atomic E-state index is 5.95. The SMILES string of the molecule is C[NH+]1CCN(c2ccc(Cl)cc2N)CC1. The van der Waals surface area contributed by atoms with E-state index >= 15 is 0 Å². The highest BCUT2D eigenvalue weighted by molar-refractivity contribution is 6.31. The quantitative estimate of drug-likeness (QED) is 0.674. The van der Waals surface area contributed by atoms with Gasteiger partial charge in [-0.05, 0) is 18.2 Å². The summed E-state index contributed by atoms with van der Waals surface area (Å²) in [7, 11) is 2.22. The first kappa shape index (κ1) is 10.6. The van der Waals surface area contributed by atoms with Gasteiger partial charge in [0, 0.05) is 5.02 Å². The molecule has 0 aliphatic carbocycles. The Kier molecular flexibility index (Phi) is 3.03. The topological polar surface area (TPSA) is 33.7 Å². The Morgan fingerprint density at radius 3 is 2.60 bits per heavy atom. The average Bonchev–Trinajstić information content (AvgIpc) is 2.20. The number of anilines is 2. The van der Waals surface area contributed by atoms with Crippen LogP contribution in [0.15, 0.2) is 18.2 Å². The Morgan fingerprint density at radius 2 is 2.00 bits per heavy atom. The van der Waals surface area contributed by atoms with Crippen molar-refractivity contribution in [1.29, 1.82) is 0 Å². The van der Waals surface area contributed by atoms with Gasteiger partial charge < -0.3 is 15.5 Å². The number of nitrogens with zero attached hydrogens (tertiary/aromatic N) is 1. The van der Waals surface area contributed by atoms with E-state index in [0.717, 1.165) is 24.5 Å². The summed E-state index contributed by atoms with van der Waals surface area (Å²) < 4.78 is 0. The summed E-state index contributed by atoms with van der Waals surface area (Å²) in [6, 6.07) is 5.73. The molecule has 2 rings (SSSR count). The number of nitrogens with two attached hydrogens (primary N) is 1. The number of nitrogen functional groups attached to an aromatic ring is 1. The predicted octanol–water partition coefficient (Wildman–Crippen LogP) is 0.257. The molecule has 0 unspecified atom stereocenters. The highest BCUT2D eigenvalue weighted by atomic mass is 35.5. The molecule has 1 fully saturated rings. The molecule has 1 aromatic carbocycles. The summed E-state index contributed by atoms with van der Waals surface area (Å²) >= 11 is 5.88. The smallest absolute Gasteiger partial charge is 0.0947 e. The van der Waals surface area contributed by atoms with Crippen molar-refractivity contribution in [1.82, 2.24) is 0 Å². The number of piperazine rings is 1. The molecule has 3 nitrogen and oxygen atoms in total. The second kappa shape index (κ2) is 4.29. The van der Waals surface area contributed by atoms with Gasteiger partial charge in [0.1, 0.15) is 0 Å². The van der Waals surface area contributed by atoms with Gasteiger partial charge in [0.05, 0.1) is 44.6 Å². The molecular formula is C11H17ClN3+. The third kappa shape index (κ3) is 2.36. The number of rotatable bonds is 1. The van der Waals surface area contributed by atoms with E-state index in [-0.39, 0.29) is 0 Å². The van der Waals surface area contributed by atoms with Gasteiger partial charge in [-0.2, -0.15) is 0 Å². The highest BCUT2D eigenvalue weighted by Gasteiger charge is 2.18. The predicted molar refractivity (Wildman–Crippen MR) is 64.7 cm³/mol. The minimum absolute atomic E-state index is 0.705. The maximum absolute atomic E-state index is 5.95. The monoisotopic (exact) mass is 226 g/mol. The zero-order chi connectivity index (χ0) is 10.8. The van der Waals surface area contributed by atoms with Crippen molar-refractivity contribution in [3.63, 3.8) is 0 Å². The van der Waals surface area contributed by atoms with E-state index in [2.05, 4.69) is 11.9 Å². The summed E-state index contributed by atoms with van der Waals surface area (Å²) in [5, 5.41) is 0.705. The minimum Gasteiger partial charge on any atom is -0.397 e. The molecule has 0 spiro atoms. The van der Waals surface area contributed by atoms with E-state index in [0.29, 0.717) is 5.02 Å². The zero-order valence-electron chi connectivity index (χ0n) is 8.96. The molecule has 1 saturated heterocycles. The lowest BCUT2D eigenvalue weighted by atomic mass is 10.2. The first-order valence-electron chi connectivity index (χ1n) is 5.28. The lowest BCUT2D eigenvalue weighted by Crippen LogP contribution is -3.12. The van der Waals surface area contributed by atoms with Gasteiger partial charge in [-0.3, -0.25) is 0 Å². The van der Waals surface area contributed by atoms with Gasteiger partial charge in [0.25, 0.3) is 0 Å². The van der Waals surface area contributed by atoms with Gasteiger partial charge in [0.2, 0.25) is 0 Å². The molecule has 0 atom stereocenters. The van der Waals surface area contributed by atoms with Crippen LogP contribution in [0.3, 0.4) is 0 Å². The molecule has 1 aromatic rings. The van der Waals surface area contributed by atoms with Crippen LogP contribution >= 0.6 is 11.6 Å². The highest BCUT2D eigenvalue weighted by Crippen LogP contribution is 2.26. The number of halogens is 1. The lowest BCUT2D eigenvalue weighted by Gasteiger charge is -2.32. The van der Waals surface area contributed by atoms with E-state index < -0.39 is 0 Å². The largest absolute Gasteiger partial charge is 0.397 e. The molecular weight excluding hydrogens is 210 g/mol. The molecule has 0 amide bonds. The minimum atomic E-state index is 0.705. The van der Waals surface area contributed by atoms with Crippen molar-refractivity contribution < 1.29 is 4.90 Å². The summed E-state index contributed by atoms with van der Waals surface area (Å²) in [6.07, 6.45) is 0. The van der Waals surface area contributed by atoms with Crippen LogP contribution in [0.4, 0.5) is 11.4 Å². The Hall–Kier alpha value is -0.930. The van der Waals surface area contributed by atoms with Crippen molar-refractivity contribution in [3.8, 4) is 0 Å². The van der Waals surface area contributed by atoms with Gasteiger partial charge in [0.15, 0.2) is 0 Å². The van der Waals surface area contributed by atoms with Crippen LogP contribution in [0, 0.1) is 0 Å².